The molecule has 0 saturated heterocycles. The number of hydrogen-bond donors (Lipinski definition) is 0. The first-order valence-corrected chi connectivity index (χ1v) is 8.98. The number of carbonyl (C=O) groups excluding carboxylic acids is 2. The van der Waals surface area contributed by atoms with Crippen LogP contribution in [0.15, 0.2) is 28.3 Å². The van der Waals surface area contributed by atoms with Gasteiger partial charge in [-0.15, -0.1) is 0 Å². The van der Waals surface area contributed by atoms with Crippen LogP contribution in [0.3, 0.4) is 0 Å². The van der Waals surface area contributed by atoms with Crippen molar-refractivity contribution in [3.8, 4) is 17.2 Å². The molecule has 2 amide bonds. The summed E-state index contributed by atoms with van der Waals surface area (Å²) in [7, 11) is 4.60. The number of carbonyl (C=O) groups is 2. The Hall–Kier alpha value is -2.28. The molecular weight excluding hydrogens is 402 g/mol. The molecule has 1 heterocycles. The third kappa shape index (κ3) is 4.09. The Kier molecular flexibility index (Phi) is 6.85. The molecule has 2 rings (SSSR count). The SMILES string of the molecule is CC/C(=C\c1cc(OC)c(OC)c(OC)c1)C(=O)N1CCC=C(Br)C1=O. The van der Waals surface area contributed by atoms with Crippen LogP contribution in [0.1, 0.15) is 25.3 Å². The fourth-order valence-electron chi connectivity index (χ4n) is 2.71. The fourth-order valence-corrected chi connectivity index (χ4v) is 3.15. The number of ether oxygens (including phenoxy) is 3. The van der Waals surface area contributed by atoms with Gasteiger partial charge in [-0.05, 0) is 52.5 Å². The lowest BCUT2D eigenvalue weighted by atomic mass is 10.1. The molecule has 1 aromatic rings. The number of amides is 2. The molecule has 0 atom stereocenters. The highest BCUT2D eigenvalue weighted by Crippen LogP contribution is 2.39. The number of imide groups is 1. The molecule has 0 N–H and O–H groups in total. The van der Waals surface area contributed by atoms with Crippen molar-refractivity contribution in [1.29, 1.82) is 0 Å². The predicted molar refractivity (Wildman–Crippen MR) is 103 cm³/mol. The van der Waals surface area contributed by atoms with Gasteiger partial charge in [0.2, 0.25) is 5.75 Å². The zero-order valence-corrected chi connectivity index (χ0v) is 16.9. The standard InChI is InChI=1S/C19H22BrNO5/c1-5-13(18(22)21-8-6-7-14(20)19(21)23)9-12-10-15(24-2)17(26-4)16(11-12)25-3/h7,9-11H,5-6,8H2,1-4H3/b13-9+. The smallest absolute Gasteiger partial charge is 0.267 e. The molecule has 0 fully saturated rings. The van der Waals surface area contributed by atoms with E-state index in [1.54, 1.807) is 24.3 Å². The molecule has 0 aromatic heterocycles. The number of methoxy groups -OCH3 is 3. The van der Waals surface area contributed by atoms with Crippen LogP contribution in [0.5, 0.6) is 17.2 Å². The molecule has 1 aliphatic heterocycles. The van der Waals surface area contributed by atoms with Gasteiger partial charge in [-0.3, -0.25) is 14.5 Å². The second-order valence-corrected chi connectivity index (χ2v) is 6.44. The highest BCUT2D eigenvalue weighted by atomic mass is 79.9. The Labute approximate surface area is 161 Å². The van der Waals surface area contributed by atoms with Crippen molar-refractivity contribution in [1.82, 2.24) is 4.90 Å². The summed E-state index contributed by atoms with van der Waals surface area (Å²) < 4.78 is 16.4. The van der Waals surface area contributed by atoms with Crippen LogP contribution in [0, 0.1) is 0 Å². The molecule has 0 unspecified atom stereocenters. The van der Waals surface area contributed by atoms with Crippen LogP contribution in [0.25, 0.3) is 6.08 Å². The molecule has 6 nitrogen and oxygen atoms in total. The van der Waals surface area contributed by atoms with Gasteiger partial charge in [0.15, 0.2) is 11.5 Å². The summed E-state index contributed by atoms with van der Waals surface area (Å²) in [6, 6.07) is 3.52. The van der Waals surface area contributed by atoms with Crippen LogP contribution in [0.4, 0.5) is 0 Å². The van der Waals surface area contributed by atoms with E-state index in [-0.39, 0.29) is 11.8 Å². The van der Waals surface area contributed by atoms with Crippen LogP contribution < -0.4 is 14.2 Å². The minimum absolute atomic E-state index is 0.295. The number of nitrogens with zero attached hydrogens (tertiary/aromatic N) is 1. The summed E-state index contributed by atoms with van der Waals surface area (Å²) in [5.41, 5.74) is 1.25. The Bertz CT molecular complexity index is 744. The van der Waals surface area contributed by atoms with Gasteiger partial charge < -0.3 is 14.2 Å². The minimum atomic E-state index is -0.314. The average molecular weight is 424 g/mol. The van der Waals surface area contributed by atoms with Gasteiger partial charge in [-0.2, -0.15) is 0 Å². The second-order valence-electron chi connectivity index (χ2n) is 5.58. The first-order valence-electron chi connectivity index (χ1n) is 8.19. The fraction of sp³-hybridized carbons (Fsp3) is 0.368. The van der Waals surface area contributed by atoms with Gasteiger partial charge in [-0.25, -0.2) is 0 Å². The maximum Gasteiger partial charge on any atom is 0.267 e. The molecule has 140 valence electrons. The lowest BCUT2D eigenvalue weighted by Gasteiger charge is -2.24. The van der Waals surface area contributed by atoms with Crippen molar-refractivity contribution < 1.29 is 23.8 Å². The van der Waals surface area contributed by atoms with Crippen LogP contribution >= 0.6 is 15.9 Å². The van der Waals surface area contributed by atoms with E-state index in [2.05, 4.69) is 15.9 Å². The van der Waals surface area contributed by atoms with Gasteiger partial charge in [0, 0.05) is 12.1 Å². The summed E-state index contributed by atoms with van der Waals surface area (Å²) in [6.07, 6.45) is 4.65. The Morgan fingerprint density at radius 2 is 1.81 bits per heavy atom. The van der Waals surface area contributed by atoms with Crippen molar-refractivity contribution >= 4 is 33.8 Å². The molecule has 0 spiro atoms. The van der Waals surface area contributed by atoms with E-state index in [0.717, 1.165) is 5.56 Å². The molecule has 0 aliphatic carbocycles. The summed E-state index contributed by atoms with van der Waals surface area (Å²) in [5, 5.41) is 0. The van der Waals surface area contributed by atoms with Gasteiger partial charge in [0.1, 0.15) is 0 Å². The summed E-state index contributed by atoms with van der Waals surface area (Å²) in [6.45, 7) is 2.25. The van der Waals surface area contributed by atoms with Crippen LogP contribution in [-0.4, -0.2) is 44.6 Å². The second kappa shape index (κ2) is 8.89. The predicted octanol–water partition coefficient (Wildman–Crippen LogP) is 3.54. The largest absolute Gasteiger partial charge is 0.493 e. The molecule has 0 radical (unpaired) electrons. The zero-order valence-electron chi connectivity index (χ0n) is 15.3. The van der Waals surface area contributed by atoms with Gasteiger partial charge in [0.25, 0.3) is 11.8 Å². The normalized spacial score (nSPS) is 14.8. The van der Waals surface area contributed by atoms with Gasteiger partial charge >= 0.3 is 0 Å². The topological polar surface area (TPSA) is 65.1 Å². The van der Waals surface area contributed by atoms with E-state index in [1.807, 2.05) is 6.92 Å². The molecule has 0 saturated carbocycles. The number of benzene rings is 1. The van der Waals surface area contributed by atoms with Crippen molar-refractivity contribution in [3.63, 3.8) is 0 Å². The number of rotatable bonds is 6. The quantitative estimate of drug-likeness (QED) is 0.654. The molecule has 1 aromatic carbocycles. The number of halogens is 1. The van der Waals surface area contributed by atoms with Gasteiger partial charge in [0.05, 0.1) is 25.8 Å². The van der Waals surface area contributed by atoms with Gasteiger partial charge in [-0.1, -0.05) is 13.0 Å². The highest BCUT2D eigenvalue weighted by molar-refractivity contribution is 9.12. The van der Waals surface area contributed by atoms with E-state index < -0.39 is 0 Å². The Balaban J connectivity index is 2.41. The maximum atomic E-state index is 12.8. The molecular formula is C19H22BrNO5. The third-order valence-corrected chi connectivity index (χ3v) is 4.72. The van der Waals surface area contributed by atoms with E-state index in [9.17, 15) is 9.59 Å². The molecule has 1 aliphatic rings. The third-order valence-electron chi connectivity index (χ3n) is 4.05. The maximum absolute atomic E-state index is 12.8. The van der Waals surface area contributed by atoms with Crippen molar-refractivity contribution in [2.24, 2.45) is 0 Å². The summed E-state index contributed by atoms with van der Waals surface area (Å²) in [4.78, 5) is 26.3. The number of hydrogen-bond acceptors (Lipinski definition) is 5. The summed E-state index contributed by atoms with van der Waals surface area (Å²) >= 11 is 3.21. The van der Waals surface area contributed by atoms with E-state index in [4.69, 9.17) is 14.2 Å². The van der Waals surface area contributed by atoms with E-state index >= 15 is 0 Å². The molecule has 0 bridgehead atoms. The lowest BCUT2D eigenvalue weighted by Crippen LogP contribution is -2.40. The lowest BCUT2D eigenvalue weighted by molar-refractivity contribution is -0.139. The van der Waals surface area contributed by atoms with E-state index in [0.29, 0.717) is 46.7 Å². The Morgan fingerprint density at radius 1 is 1.19 bits per heavy atom. The Morgan fingerprint density at radius 3 is 2.31 bits per heavy atom. The first kappa shape index (κ1) is 20.0. The summed E-state index contributed by atoms with van der Waals surface area (Å²) in [5.74, 6) is 0.875. The zero-order chi connectivity index (χ0) is 19.3. The first-order chi connectivity index (χ1) is 12.5. The van der Waals surface area contributed by atoms with Crippen molar-refractivity contribution in [3.05, 3.63) is 33.8 Å². The minimum Gasteiger partial charge on any atom is -0.493 e. The average Bonchev–Trinajstić information content (AvgIpc) is 2.66. The molecule has 7 heteroatoms. The van der Waals surface area contributed by atoms with Crippen molar-refractivity contribution in [2.45, 2.75) is 19.8 Å². The van der Waals surface area contributed by atoms with Crippen LogP contribution in [-0.2, 0) is 9.59 Å². The van der Waals surface area contributed by atoms with Crippen molar-refractivity contribution in [2.75, 3.05) is 27.9 Å². The van der Waals surface area contributed by atoms with E-state index in [1.165, 1.54) is 26.2 Å². The molecule has 26 heavy (non-hydrogen) atoms. The monoisotopic (exact) mass is 423 g/mol. The van der Waals surface area contributed by atoms with Crippen LogP contribution in [0.2, 0.25) is 0 Å². The highest BCUT2D eigenvalue weighted by Gasteiger charge is 2.27.